The molecular formula is C15H17ClN4O3. The van der Waals surface area contributed by atoms with Crippen LogP contribution in [0.5, 0.6) is 11.5 Å². The van der Waals surface area contributed by atoms with Crippen LogP contribution in [0.1, 0.15) is 23.3 Å². The molecule has 1 fully saturated rings. The number of ether oxygens (including phenoxy) is 3. The molecule has 1 aromatic carbocycles. The normalized spacial score (nSPS) is 20.9. The molecule has 2 aliphatic heterocycles. The molecule has 1 N–H and O–H groups in total. The van der Waals surface area contributed by atoms with Crippen LogP contribution in [0, 0.1) is 6.92 Å². The SMILES string of the molecule is Cc1nc(C2CN(Cc3cc(Cl)c4c(c3)OCO4)CCO2)n[nH]1. The summed E-state index contributed by atoms with van der Waals surface area (Å²) in [5.74, 6) is 2.84. The molecule has 23 heavy (non-hydrogen) atoms. The van der Waals surface area contributed by atoms with Crippen molar-refractivity contribution in [3.8, 4) is 11.5 Å². The van der Waals surface area contributed by atoms with Gasteiger partial charge in [-0.05, 0) is 24.6 Å². The number of morpholine rings is 1. The summed E-state index contributed by atoms with van der Waals surface area (Å²) in [7, 11) is 0. The first-order chi connectivity index (χ1) is 11.2. The Balaban J connectivity index is 1.47. The van der Waals surface area contributed by atoms with Crippen molar-refractivity contribution < 1.29 is 14.2 Å². The lowest BCUT2D eigenvalue weighted by atomic mass is 10.1. The van der Waals surface area contributed by atoms with Crippen LogP contribution in [0.2, 0.25) is 5.02 Å². The second-order valence-corrected chi connectivity index (χ2v) is 6.09. The lowest BCUT2D eigenvalue weighted by Crippen LogP contribution is -2.38. The maximum Gasteiger partial charge on any atom is 0.231 e. The topological polar surface area (TPSA) is 72.5 Å². The molecule has 0 aliphatic carbocycles. The number of fused-ring (bicyclic) bond motifs is 1. The van der Waals surface area contributed by atoms with E-state index in [9.17, 15) is 0 Å². The maximum atomic E-state index is 6.25. The van der Waals surface area contributed by atoms with Gasteiger partial charge in [0, 0.05) is 19.6 Å². The number of nitrogens with zero attached hydrogens (tertiary/aromatic N) is 3. The highest BCUT2D eigenvalue weighted by Gasteiger charge is 2.26. The zero-order valence-corrected chi connectivity index (χ0v) is 13.5. The maximum absolute atomic E-state index is 6.25. The van der Waals surface area contributed by atoms with E-state index >= 15 is 0 Å². The molecule has 3 heterocycles. The van der Waals surface area contributed by atoms with Crippen LogP contribution in [-0.2, 0) is 11.3 Å². The van der Waals surface area contributed by atoms with Crippen molar-refractivity contribution in [2.75, 3.05) is 26.5 Å². The van der Waals surface area contributed by atoms with Gasteiger partial charge in [-0.25, -0.2) is 4.98 Å². The van der Waals surface area contributed by atoms with Crippen LogP contribution in [0.15, 0.2) is 12.1 Å². The van der Waals surface area contributed by atoms with Crippen LogP contribution < -0.4 is 9.47 Å². The summed E-state index contributed by atoms with van der Waals surface area (Å²) in [5.41, 5.74) is 1.09. The lowest BCUT2D eigenvalue weighted by Gasteiger charge is -2.31. The molecule has 2 aliphatic rings. The van der Waals surface area contributed by atoms with E-state index in [0.717, 1.165) is 31.0 Å². The van der Waals surface area contributed by atoms with Gasteiger partial charge in [-0.2, -0.15) is 5.10 Å². The van der Waals surface area contributed by atoms with Crippen LogP contribution in [0.25, 0.3) is 0 Å². The van der Waals surface area contributed by atoms with E-state index in [1.807, 2.05) is 19.1 Å². The third kappa shape index (κ3) is 2.99. The fourth-order valence-electron chi connectivity index (χ4n) is 2.88. The molecule has 0 bridgehead atoms. The largest absolute Gasteiger partial charge is 0.454 e. The Bertz CT molecular complexity index is 721. The van der Waals surface area contributed by atoms with Gasteiger partial charge < -0.3 is 14.2 Å². The molecule has 1 saturated heterocycles. The number of benzene rings is 1. The molecule has 1 atom stereocenters. The van der Waals surface area contributed by atoms with Gasteiger partial charge in [-0.15, -0.1) is 0 Å². The lowest BCUT2D eigenvalue weighted by molar-refractivity contribution is -0.0370. The molecule has 0 saturated carbocycles. The summed E-state index contributed by atoms with van der Waals surface area (Å²) >= 11 is 6.25. The standard InChI is InChI=1S/C15H17ClN4O3/c1-9-17-15(19-18-9)13-7-20(2-3-21-13)6-10-4-11(16)14-12(5-10)22-8-23-14/h4-5,13H,2-3,6-8H2,1H3,(H,17,18,19). The summed E-state index contributed by atoms with van der Waals surface area (Å²) in [5, 5.41) is 7.64. The van der Waals surface area contributed by atoms with Gasteiger partial charge >= 0.3 is 0 Å². The predicted molar refractivity (Wildman–Crippen MR) is 82.7 cm³/mol. The van der Waals surface area contributed by atoms with E-state index < -0.39 is 0 Å². The van der Waals surface area contributed by atoms with Crippen molar-refractivity contribution in [2.45, 2.75) is 19.6 Å². The highest BCUT2D eigenvalue weighted by molar-refractivity contribution is 6.32. The minimum absolute atomic E-state index is 0.113. The van der Waals surface area contributed by atoms with E-state index in [1.54, 1.807) is 0 Å². The van der Waals surface area contributed by atoms with Gasteiger partial charge in [0.1, 0.15) is 11.9 Å². The summed E-state index contributed by atoms with van der Waals surface area (Å²) in [4.78, 5) is 6.66. The number of nitrogens with one attached hydrogen (secondary N) is 1. The molecule has 4 rings (SSSR count). The van der Waals surface area contributed by atoms with E-state index in [2.05, 4.69) is 20.1 Å². The number of H-pyrrole nitrogens is 1. The summed E-state index contributed by atoms with van der Waals surface area (Å²) in [6, 6.07) is 3.91. The van der Waals surface area contributed by atoms with Crippen LogP contribution in [0.4, 0.5) is 0 Å². The quantitative estimate of drug-likeness (QED) is 0.925. The molecule has 122 valence electrons. The van der Waals surface area contributed by atoms with Gasteiger partial charge in [-0.3, -0.25) is 10.00 Å². The van der Waals surface area contributed by atoms with Gasteiger partial charge in [-0.1, -0.05) is 11.6 Å². The highest BCUT2D eigenvalue weighted by atomic mass is 35.5. The number of aromatic amines is 1. The molecular weight excluding hydrogens is 320 g/mol. The van der Waals surface area contributed by atoms with Gasteiger partial charge in [0.15, 0.2) is 17.3 Å². The molecule has 1 aromatic heterocycles. The zero-order chi connectivity index (χ0) is 15.8. The molecule has 7 nitrogen and oxygen atoms in total. The number of aryl methyl sites for hydroxylation is 1. The Morgan fingerprint density at radius 1 is 1.39 bits per heavy atom. The first-order valence-electron chi connectivity index (χ1n) is 7.50. The Morgan fingerprint density at radius 2 is 2.30 bits per heavy atom. The van der Waals surface area contributed by atoms with E-state index in [0.29, 0.717) is 29.0 Å². The summed E-state index contributed by atoms with van der Waals surface area (Å²) < 4.78 is 16.6. The van der Waals surface area contributed by atoms with E-state index in [4.69, 9.17) is 25.8 Å². The number of hydrogen-bond donors (Lipinski definition) is 1. The first-order valence-corrected chi connectivity index (χ1v) is 7.88. The van der Waals surface area contributed by atoms with Gasteiger partial charge in [0.2, 0.25) is 6.79 Å². The Hall–Kier alpha value is -1.83. The molecule has 0 spiro atoms. The van der Waals surface area contributed by atoms with E-state index in [-0.39, 0.29) is 12.9 Å². The average molecular weight is 337 g/mol. The minimum atomic E-state index is -0.113. The van der Waals surface area contributed by atoms with Crippen LogP contribution >= 0.6 is 11.6 Å². The average Bonchev–Trinajstić information content (AvgIpc) is 3.16. The van der Waals surface area contributed by atoms with Crippen LogP contribution in [-0.4, -0.2) is 46.6 Å². The smallest absolute Gasteiger partial charge is 0.231 e. The number of rotatable bonds is 3. The number of halogens is 1. The molecule has 0 amide bonds. The zero-order valence-electron chi connectivity index (χ0n) is 12.7. The summed E-state index contributed by atoms with van der Waals surface area (Å²) in [6.07, 6.45) is -0.113. The Labute approximate surface area is 138 Å². The predicted octanol–water partition coefficient (Wildman–Crippen LogP) is 2.07. The Morgan fingerprint density at radius 3 is 3.13 bits per heavy atom. The third-order valence-electron chi connectivity index (χ3n) is 3.95. The van der Waals surface area contributed by atoms with Crippen molar-refractivity contribution in [3.05, 3.63) is 34.4 Å². The van der Waals surface area contributed by atoms with Crippen molar-refractivity contribution >= 4 is 11.6 Å². The fraction of sp³-hybridized carbons (Fsp3) is 0.467. The van der Waals surface area contributed by atoms with Crippen molar-refractivity contribution in [2.24, 2.45) is 0 Å². The second-order valence-electron chi connectivity index (χ2n) is 5.68. The van der Waals surface area contributed by atoms with E-state index in [1.165, 1.54) is 0 Å². The molecule has 0 radical (unpaired) electrons. The molecule has 8 heteroatoms. The number of hydrogen-bond acceptors (Lipinski definition) is 6. The molecule has 2 aromatic rings. The summed E-state index contributed by atoms with van der Waals surface area (Å²) in [6.45, 7) is 5.11. The Kier molecular flexibility index (Phi) is 3.84. The van der Waals surface area contributed by atoms with Crippen LogP contribution in [0.3, 0.4) is 0 Å². The third-order valence-corrected chi connectivity index (χ3v) is 4.23. The minimum Gasteiger partial charge on any atom is -0.454 e. The number of aromatic nitrogens is 3. The van der Waals surface area contributed by atoms with Gasteiger partial charge in [0.25, 0.3) is 0 Å². The monoisotopic (exact) mass is 336 g/mol. The highest BCUT2D eigenvalue weighted by Crippen LogP contribution is 2.40. The molecule has 1 unspecified atom stereocenters. The van der Waals surface area contributed by atoms with Crippen molar-refractivity contribution in [3.63, 3.8) is 0 Å². The second kappa shape index (κ2) is 5.99. The van der Waals surface area contributed by atoms with Crippen molar-refractivity contribution in [1.82, 2.24) is 20.1 Å². The van der Waals surface area contributed by atoms with Gasteiger partial charge in [0.05, 0.1) is 11.6 Å². The van der Waals surface area contributed by atoms with Crippen molar-refractivity contribution in [1.29, 1.82) is 0 Å². The fourth-order valence-corrected chi connectivity index (χ4v) is 3.16. The first kappa shape index (κ1) is 14.7.